The zero-order valence-electron chi connectivity index (χ0n) is 9.04. The van der Waals surface area contributed by atoms with Gasteiger partial charge in [-0.3, -0.25) is 9.59 Å². The Morgan fingerprint density at radius 1 is 1.50 bits per heavy atom. The molecule has 0 aliphatic rings. The lowest BCUT2D eigenvalue weighted by atomic mass is 10.0. The van der Waals surface area contributed by atoms with Gasteiger partial charge in [0.2, 0.25) is 5.91 Å². The van der Waals surface area contributed by atoms with Crippen molar-refractivity contribution in [3.05, 3.63) is 22.6 Å². The molecule has 2 amide bonds. The maximum Gasteiger partial charge on any atom is 0.287 e. The molecule has 3 N–H and O–H groups in total. The fourth-order valence-corrected chi connectivity index (χ4v) is 1.59. The fraction of sp³-hybridized carbons (Fsp3) is 0.400. The van der Waals surface area contributed by atoms with Gasteiger partial charge in [-0.25, -0.2) is 0 Å². The summed E-state index contributed by atoms with van der Waals surface area (Å²) in [5.41, 5.74) is 4.38. The lowest BCUT2D eigenvalue weighted by Gasteiger charge is -2.23. The summed E-state index contributed by atoms with van der Waals surface area (Å²) >= 11 is 3.10. The van der Waals surface area contributed by atoms with Gasteiger partial charge in [0.1, 0.15) is 0 Å². The highest BCUT2D eigenvalue weighted by Gasteiger charge is 2.24. The summed E-state index contributed by atoms with van der Waals surface area (Å²) in [5, 5.41) is 2.66. The Bertz CT molecular complexity index is 412. The molecule has 88 valence electrons. The lowest BCUT2D eigenvalue weighted by molar-refractivity contribution is -0.119. The number of furan rings is 1. The molecule has 0 aromatic carbocycles. The summed E-state index contributed by atoms with van der Waals surface area (Å²) in [4.78, 5) is 22.5. The van der Waals surface area contributed by atoms with E-state index in [4.69, 9.17) is 10.2 Å². The molecule has 5 nitrogen and oxygen atoms in total. The first-order valence-electron chi connectivity index (χ1n) is 4.66. The number of amides is 2. The molecule has 1 rings (SSSR count). The van der Waals surface area contributed by atoms with E-state index in [2.05, 4.69) is 21.2 Å². The first-order valence-corrected chi connectivity index (χ1v) is 5.45. The number of nitrogens with two attached hydrogens (primary N) is 1. The van der Waals surface area contributed by atoms with Crippen molar-refractivity contribution >= 4 is 27.7 Å². The van der Waals surface area contributed by atoms with Gasteiger partial charge < -0.3 is 15.5 Å². The summed E-state index contributed by atoms with van der Waals surface area (Å²) in [6.07, 6.45) is 0.0701. The van der Waals surface area contributed by atoms with E-state index in [-0.39, 0.29) is 18.1 Å². The van der Waals surface area contributed by atoms with Crippen LogP contribution in [-0.2, 0) is 4.79 Å². The average Bonchev–Trinajstić information content (AvgIpc) is 2.47. The molecular formula is C10H13BrN2O3. The molecule has 0 aliphatic carbocycles. The molecule has 0 saturated heterocycles. The molecule has 6 heteroatoms. The Morgan fingerprint density at radius 2 is 2.12 bits per heavy atom. The first kappa shape index (κ1) is 12.8. The van der Waals surface area contributed by atoms with Crippen LogP contribution in [0.4, 0.5) is 0 Å². The quantitative estimate of drug-likeness (QED) is 0.879. The van der Waals surface area contributed by atoms with Crippen molar-refractivity contribution in [3.8, 4) is 0 Å². The Balaban J connectivity index is 2.67. The monoisotopic (exact) mass is 288 g/mol. The number of carbonyl (C=O) groups excluding carboxylic acids is 2. The third-order valence-corrected chi connectivity index (χ3v) is 2.29. The van der Waals surface area contributed by atoms with E-state index in [0.29, 0.717) is 4.67 Å². The number of carbonyl (C=O) groups is 2. The molecule has 0 fully saturated rings. The zero-order valence-corrected chi connectivity index (χ0v) is 10.6. The maximum atomic E-state index is 11.7. The highest BCUT2D eigenvalue weighted by Crippen LogP contribution is 2.15. The molecule has 0 saturated carbocycles. The number of hydrogen-bond donors (Lipinski definition) is 2. The number of hydrogen-bond acceptors (Lipinski definition) is 3. The number of nitrogens with one attached hydrogen (secondary N) is 1. The van der Waals surface area contributed by atoms with E-state index in [1.807, 2.05) is 0 Å². The van der Waals surface area contributed by atoms with E-state index in [1.54, 1.807) is 26.0 Å². The van der Waals surface area contributed by atoms with Crippen LogP contribution in [0.2, 0.25) is 0 Å². The Labute approximate surface area is 101 Å². The number of halogens is 1. The van der Waals surface area contributed by atoms with Crippen LogP contribution < -0.4 is 11.1 Å². The summed E-state index contributed by atoms with van der Waals surface area (Å²) in [7, 11) is 0. The van der Waals surface area contributed by atoms with Crippen molar-refractivity contribution in [1.82, 2.24) is 5.32 Å². The smallest absolute Gasteiger partial charge is 0.287 e. The van der Waals surface area contributed by atoms with E-state index in [1.165, 1.54) is 0 Å². The minimum atomic E-state index is -0.692. The second kappa shape index (κ2) is 4.69. The summed E-state index contributed by atoms with van der Waals surface area (Å²) in [6.45, 7) is 3.43. The van der Waals surface area contributed by atoms with E-state index in [9.17, 15) is 9.59 Å². The Kier molecular flexibility index (Phi) is 3.74. The second-order valence-corrected chi connectivity index (χ2v) is 4.87. The summed E-state index contributed by atoms with van der Waals surface area (Å²) < 4.78 is 5.56. The lowest BCUT2D eigenvalue weighted by Crippen LogP contribution is -2.45. The topological polar surface area (TPSA) is 85.3 Å². The van der Waals surface area contributed by atoms with Gasteiger partial charge >= 0.3 is 0 Å². The van der Waals surface area contributed by atoms with Crippen molar-refractivity contribution < 1.29 is 14.0 Å². The van der Waals surface area contributed by atoms with Gasteiger partial charge in [-0.15, -0.1) is 0 Å². The summed E-state index contributed by atoms with van der Waals surface area (Å²) in [5.74, 6) is -0.660. The molecule has 1 aromatic heterocycles. The average molecular weight is 289 g/mol. The fourth-order valence-electron chi connectivity index (χ4n) is 1.29. The van der Waals surface area contributed by atoms with Crippen molar-refractivity contribution in [2.24, 2.45) is 5.73 Å². The predicted molar refractivity (Wildman–Crippen MR) is 61.8 cm³/mol. The molecule has 0 aliphatic heterocycles. The molecular weight excluding hydrogens is 276 g/mol. The van der Waals surface area contributed by atoms with Gasteiger partial charge in [-0.1, -0.05) is 0 Å². The van der Waals surface area contributed by atoms with E-state index < -0.39 is 11.4 Å². The highest BCUT2D eigenvalue weighted by atomic mass is 79.9. The van der Waals surface area contributed by atoms with E-state index >= 15 is 0 Å². The molecule has 0 unspecified atom stereocenters. The van der Waals surface area contributed by atoms with Gasteiger partial charge in [0.25, 0.3) is 5.91 Å². The predicted octanol–water partition coefficient (Wildman–Crippen LogP) is 1.43. The van der Waals surface area contributed by atoms with Gasteiger partial charge in [-0.2, -0.15) is 0 Å². The largest absolute Gasteiger partial charge is 0.444 e. The van der Waals surface area contributed by atoms with Crippen molar-refractivity contribution in [2.75, 3.05) is 0 Å². The van der Waals surface area contributed by atoms with Crippen LogP contribution >= 0.6 is 15.9 Å². The van der Waals surface area contributed by atoms with Gasteiger partial charge in [0, 0.05) is 12.0 Å². The van der Waals surface area contributed by atoms with Crippen LogP contribution in [-0.4, -0.2) is 17.4 Å². The third-order valence-electron chi connectivity index (χ3n) is 1.87. The van der Waals surface area contributed by atoms with Crippen molar-refractivity contribution in [1.29, 1.82) is 0 Å². The van der Waals surface area contributed by atoms with Gasteiger partial charge in [0.15, 0.2) is 10.4 Å². The Morgan fingerprint density at radius 3 is 2.56 bits per heavy atom. The molecule has 0 spiro atoms. The van der Waals surface area contributed by atoms with Crippen LogP contribution in [0, 0.1) is 0 Å². The van der Waals surface area contributed by atoms with Crippen molar-refractivity contribution in [3.63, 3.8) is 0 Å². The standard InChI is InChI=1S/C10H13BrN2O3/c1-10(2,5-8(12)14)13-9(15)6-3-4-7(11)16-6/h3-4H,5H2,1-2H3,(H2,12,14)(H,13,15). The van der Waals surface area contributed by atoms with E-state index in [0.717, 1.165) is 0 Å². The normalized spacial score (nSPS) is 11.2. The van der Waals surface area contributed by atoms with Crippen LogP contribution in [0.25, 0.3) is 0 Å². The SMILES string of the molecule is CC(C)(CC(N)=O)NC(=O)c1ccc(Br)o1. The second-order valence-electron chi connectivity index (χ2n) is 4.08. The third kappa shape index (κ3) is 3.69. The number of rotatable bonds is 4. The molecule has 16 heavy (non-hydrogen) atoms. The molecule has 0 bridgehead atoms. The maximum absolute atomic E-state index is 11.7. The van der Waals surface area contributed by atoms with Crippen LogP contribution in [0.5, 0.6) is 0 Å². The highest BCUT2D eigenvalue weighted by molar-refractivity contribution is 9.10. The molecule has 0 radical (unpaired) electrons. The Hall–Kier alpha value is -1.30. The zero-order chi connectivity index (χ0) is 12.3. The minimum Gasteiger partial charge on any atom is -0.444 e. The molecule has 1 heterocycles. The molecule has 1 aromatic rings. The number of primary amides is 1. The molecule has 0 atom stereocenters. The van der Waals surface area contributed by atoms with Crippen LogP contribution in [0.1, 0.15) is 30.8 Å². The van der Waals surface area contributed by atoms with Crippen LogP contribution in [0.3, 0.4) is 0 Å². The van der Waals surface area contributed by atoms with Crippen molar-refractivity contribution in [2.45, 2.75) is 25.8 Å². The minimum absolute atomic E-state index is 0.0701. The van der Waals surface area contributed by atoms with Gasteiger partial charge in [0.05, 0.1) is 0 Å². The summed E-state index contributed by atoms with van der Waals surface area (Å²) in [6, 6.07) is 3.16. The van der Waals surface area contributed by atoms with Gasteiger partial charge in [-0.05, 0) is 41.9 Å². The first-order chi connectivity index (χ1) is 7.30. The van der Waals surface area contributed by atoms with Crippen LogP contribution in [0.15, 0.2) is 21.2 Å².